The Morgan fingerprint density at radius 2 is 1.60 bits per heavy atom. The number of halogens is 1. The molecule has 2 heterocycles. The molecule has 0 saturated carbocycles. The average Bonchev–Trinajstić information content (AvgIpc) is 2.99. The first-order valence-electron chi connectivity index (χ1n) is 13.2. The topological polar surface area (TPSA) is 132 Å². The van der Waals surface area contributed by atoms with Gasteiger partial charge in [-0.1, -0.05) is 29.3 Å². The Kier molecular flexibility index (Phi) is 8.94. The fraction of sp³-hybridized carbons (Fsp3) is 0.321. The van der Waals surface area contributed by atoms with Crippen LogP contribution in [-0.2, 0) is 29.6 Å². The highest BCUT2D eigenvalue weighted by Crippen LogP contribution is 2.39. The van der Waals surface area contributed by atoms with Gasteiger partial charge in [-0.15, -0.1) is 0 Å². The van der Waals surface area contributed by atoms with Crippen LogP contribution in [0.25, 0.3) is 0 Å². The summed E-state index contributed by atoms with van der Waals surface area (Å²) in [6.45, 7) is 3.13. The zero-order valence-corrected chi connectivity index (χ0v) is 25.1. The number of carbonyl (C=O) groups excluding carboxylic acids is 1. The van der Waals surface area contributed by atoms with Gasteiger partial charge < -0.3 is 19.5 Å². The molecule has 5 rings (SSSR count). The van der Waals surface area contributed by atoms with Crippen molar-refractivity contribution >= 4 is 43.2 Å². The van der Waals surface area contributed by atoms with E-state index in [-0.39, 0.29) is 40.9 Å². The van der Waals surface area contributed by atoms with Gasteiger partial charge in [-0.05, 0) is 61.5 Å². The molecule has 1 fully saturated rings. The Hall–Kier alpha value is -3.36. The molecule has 1 saturated heterocycles. The van der Waals surface area contributed by atoms with Gasteiger partial charge in [-0.2, -0.15) is 4.31 Å². The highest BCUT2D eigenvalue weighted by atomic mass is 35.5. The first-order valence-corrected chi connectivity index (χ1v) is 16.5. The highest BCUT2D eigenvalue weighted by Gasteiger charge is 2.37. The van der Waals surface area contributed by atoms with E-state index in [9.17, 15) is 21.6 Å². The quantitative estimate of drug-likeness (QED) is 0.355. The molecular formula is C28H30ClN3O8S2. The normalized spacial score (nSPS) is 17.7. The Morgan fingerprint density at radius 1 is 0.952 bits per heavy atom. The Labute approximate surface area is 250 Å². The number of anilines is 1. The van der Waals surface area contributed by atoms with E-state index >= 15 is 0 Å². The lowest BCUT2D eigenvalue weighted by atomic mass is 10.2. The Balaban J connectivity index is 1.20. The SMILES string of the molecule is Cc1ccc(S(=O)(=O)N2CC(C(=O)NCCOc3ccc(S(=O)(=O)N4CCOCC4)cc3)Oc3ccc(Cl)cc32)cc1. The van der Waals surface area contributed by atoms with E-state index in [2.05, 4.69) is 5.32 Å². The molecule has 3 aromatic carbocycles. The van der Waals surface area contributed by atoms with Crippen LogP contribution in [-0.4, -0.2) is 79.2 Å². The predicted molar refractivity (Wildman–Crippen MR) is 156 cm³/mol. The number of hydrogen-bond donors (Lipinski definition) is 1. The van der Waals surface area contributed by atoms with Crippen LogP contribution >= 0.6 is 11.6 Å². The van der Waals surface area contributed by atoms with Gasteiger partial charge in [-0.3, -0.25) is 9.10 Å². The number of sulfonamides is 2. The van der Waals surface area contributed by atoms with Crippen molar-refractivity contribution in [1.29, 1.82) is 0 Å². The molecule has 224 valence electrons. The van der Waals surface area contributed by atoms with Crippen molar-refractivity contribution in [2.24, 2.45) is 0 Å². The average molecular weight is 636 g/mol. The van der Waals surface area contributed by atoms with Crippen LogP contribution in [0.3, 0.4) is 0 Å². The molecule has 1 unspecified atom stereocenters. The van der Waals surface area contributed by atoms with Crippen LogP contribution in [0.1, 0.15) is 5.56 Å². The van der Waals surface area contributed by atoms with Crippen LogP contribution in [0.5, 0.6) is 11.5 Å². The molecule has 1 N–H and O–H groups in total. The molecule has 2 aliphatic rings. The zero-order chi connectivity index (χ0) is 29.9. The molecular weight excluding hydrogens is 606 g/mol. The Morgan fingerprint density at radius 3 is 2.29 bits per heavy atom. The fourth-order valence-corrected chi connectivity index (χ4v) is 7.57. The molecule has 1 atom stereocenters. The van der Waals surface area contributed by atoms with E-state index in [0.717, 1.165) is 9.87 Å². The molecule has 0 spiro atoms. The van der Waals surface area contributed by atoms with Crippen LogP contribution in [0.2, 0.25) is 5.02 Å². The summed E-state index contributed by atoms with van der Waals surface area (Å²) in [5.74, 6) is 0.125. The van der Waals surface area contributed by atoms with E-state index in [1.807, 2.05) is 6.92 Å². The van der Waals surface area contributed by atoms with Gasteiger partial charge >= 0.3 is 0 Å². The number of ether oxygens (including phenoxy) is 3. The predicted octanol–water partition coefficient (Wildman–Crippen LogP) is 2.82. The van der Waals surface area contributed by atoms with E-state index < -0.39 is 32.1 Å². The van der Waals surface area contributed by atoms with Crippen molar-refractivity contribution in [1.82, 2.24) is 9.62 Å². The maximum Gasteiger partial charge on any atom is 0.264 e. The van der Waals surface area contributed by atoms with E-state index in [0.29, 0.717) is 37.1 Å². The summed E-state index contributed by atoms with van der Waals surface area (Å²) >= 11 is 6.15. The minimum Gasteiger partial charge on any atom is -0.492 e. The number of nitrogens with zero attached hydrogens (tertiary/aromatic N) is 2. The highest BCUT2D eigenvalue weighted by molar-refractivity contribution is 7.92. The lowest BCUT2D eigenvalue weighted by Crippen LogP contribution is -2.51. The summed E-state index contributed by atoms with van der Waals surface area (Å²) < 4.78 is 71.9. The molecule has 0 aliphatic carbocycles. The second kappa shape index (κ2) is 12.5. The van der Waals surface area contributed by atoms with Crippen molar-refractivity contribution in [3.8, 4) is 11.5 Å². The maximum absolute atomic E-state index is 13.6. The second-order valence-corrected chi connectivity index (χ2v) is 13.9. The number of carbonyl (C=O) groups is 1. The smallest absolute Gasteiger partial charge is 0.264 e. The number of nitrogens with one attached hydrogen (secondary N) is 1. The molecule has 3 aromatic rings. The number of rotatable bonds is 9. The first-order chi connectivity index (χ1) is 20.1. The van der Waals surface area contributed by atoms with Gasteiger partial charge in [-0.25, -0.2) is 16.8 Å². The van der Waals surface area contributed by atoms with Crippen LogP contribution in [0, 0.1) is 6.92 Å². The standard InChI is InChI=1S/C28H30ClN3O8S2/c1-20-2-7-24(8-3-20)42(36,37)32-19-27(40-26-11-4-21(29)18-25(26)32)28(33)30-12-15-39-22-5-9-23(10-6-22)41(34,35)31-13-16-38-17-14-31/h2-11,18,27H,12-17,19H2,1H3,(H,30,33). The summed E-state index contributed by atoms with van der Waals surface area (Å²) in [4.78, 5) is 13.3. The van der Waals surface area contributed by atoms with Crippen molar-refractivity contribution < 1.29 is 35.8 Å². The van der Waals surface area contributed by atoms with E-state index in [1.54, 1.807) is 30.3 Å². The zero-order valence-electron chi connectivity index (χ0n) is 22.7. The lowest BCUT2D eigenvalue weighted by Gasteiger charge is -2.34. The van der Waals surface area contributed by atoms with Crippen LogP contribution < -0.4 is 19.1 Å². The Bertz CT molecular complexity index is 1640. The van der Waals surface area contributed by atoms with Crippen LogP contribution in [0.15, 0.2) is 76.5 Å². The molecule has 0 radical (unpaired) electrons. The van der Waals surface area contributed by atoms with Crippen molar-refractivity contribution in [3.63, 3.8) is 0 Å². The third-order valence-electron chi connectivity index (χ3n) is 6.79. The van der Waals surface area contributed by atoms with Gasteiger partial charge in [0, 0.05) is 18.1 Å². The fourth-order valence-electron chi connectivity index (χ4n) is 4.53. The summed E-state index contributed by atoms with van der Waals surface area (Å²) in [6, 6.07) is 17.1. The molecule has 0 aromatic heterocycles. The summed E-state index contributed by atoms with van der Waals surface area (Å²) in [6.07, 6.45) is -1.12. The first kappa shape index (κ1) is 30.1. The number of hydrogen-bond acceptors (Lipinski definition) is 8. The van der Waals surface area contributed by atoms with Crippen molar-refractivity contribution in [3.05, 3.63) is 77.3 Å². The lowest BCUT2D eigenvalue weighted by molar-refractivity contribution is -0.127. The van der Waals surface area contributed by atoms with Gasteiger partial charge in [0.25, 0.3) is 15.9 Å². The van der Waals surface area contributed by atoms with Gasteiger partial charge in [0.2, 0.25) is 10.0 Å². The van der Waals surface area contributed by atoms with Gasteiger partial charge in [0.05, 0.1) is 41.8 Å². The van der Waals surface area contributed by atoms with E-state index in [4.69, 9.17) is 25.8 Å². The van der Waals surface area contributed by atoms with E-state index in [1.165, 1.54) is 40.7 Å². The molecule has 2 aliphatic heterocycles. The largest absolute Gasteiger partial charge is 0.492 e. The number of fused-ring (bicyclic) bond motifs is 1. The molecule has 42 heavy (non-hydrogen) atoms. The van der Waals surface area contributed by atoms with Gasteiger partial charge in [0.1, 0.15) is 18.1 Å². The summed E-state index contributed by atoms with van der Waals surface area (Å²) in [5.41, 5.74) is 1.15. The maximum atomic E-state index is 13.6. The number of morpholine rings is 1. The summed E-state index contributed by atoms with van der Waals surface area (Å²) in [7, 11) is -7.63. The molecule has 14 heteroatoms. The third kappa shape index (κ3) is 6.50. The minimum atomic E-state index is -4.02. The number of amides is 1. The molecule has 1 amide bonds. The molecule has 0 bridgehead atoms. The third-order valence-corrected chi connectivity index (χ3v) is 10.7. The van der Waals surface area contributed by atoms with Gasteiger partial charge in [0.15, 0.2) is 6.10 Å². The summed E-state index contributed by atoms with van der Waals surface area (Å²) in [5, 5.41) is 3.04. The van der Waals surface area contributed by atoms with Crippen LogP contribution in [0.4, 0.5) is 5.69 Å². The number of aryl methyl sites for hydroxylation is 1. The van der Waals surface area contributed by atoms with Crippen molar-refractivity contribution in [2.75, 3.05) is 50.3 Å². The van der Waals surface area contributed by atoms with Crippen molar-refractivity contribution in [2.45, 2.75) is 22.8 Å². The second-order valence-electron chi connectivity index (χ2n) is 9.70. The molecule has 11 nitrogen and oxygen atoms in total. The number of benzene rings is 3. The monoisotopic (exact) mass is 635 g/mol. The minimum absolute atomic E-state index is 0.0808.